The molecular formula is C22H23ClN4O2. The molecule has 2 aromatic carbocycles. The number of halogens is 1. The van der Waals surface area contributed by atoms with Crippen molar-refractivity contribution in [2.45, 2.75) is 26.3 Å². The van der Waals surface area contributed by atoms with Gasteiger partial charge in [0.05, 0.1) is 0 Å². The van der Waals surface area contributed by atoms with Gasteiger partial charge in [0.2, 0.25) is 11.8 Å². The Morgan fingerprint density at radius 3 is 2.66 bits per heavy atom. The van der Waals surface area contributed by atoms with Gasteiger partial charge in [-0.3, -0.25) is 4.79 Å². The Balaban J connectivity index is 1.30. The number of benzene rings is 2. The van der Waals surface area contributed by atoms with E-state index in [1.807, 2.05) is 60.4 Å². The van der Waals surface area contributed by atoms with Gasteiger partial charge in [-0.25, -0.2) is 0 Å². The highest BCUT2D eigenvalue weighted by atomic mass is 35.5. The summed E-state index contributed by atoms with van der Waals surface area (Å²) in [6.45, 7) is 3.96. The van der Waals surface area contributed by atoms with Crippen LogP contribution in [0.4, 0.5) is 6.01 Å². The molecule has 150 valence electrons. The van der Waals surface area contributed by atoms with Crippen LogP contribution in [0, 0.1) is 12.8 Å². The summed E-state index contributed by atoms with van der Waals surface area (Å²) >= 11 is 5.99. The standard InChI is InChI=1S/C22H23ClN4O2/c1-15-5-7-18(8-6-15)21-25-26-22(29-21)27-11-9-17(10-12-27)20(28)24-14-16-3-2-4-19(23)13-16/h2-8,13,17H,9-12,14H2,1H3,(H,24,28). The Bertz CT molecular complexity index is 978. The Kier molecular flexibility index (Phi) is 5.81. The lowest BCUT2D eigenvalue weighted by Crippen LogP contribution is -2.40. The molecule has 2 heterocycles. The molecule has 1 saturated heterocycles. The fourth-order valence-electron chi connectivity index (χ4n) is 3.47. The van der Waals surface area contributed by atoms with Crippen LogP contribution in [0.15, 0.2) is 52.9 Å². The highest BCUT2D eigenvalue weighted by molar-refractivity contribution is 6.30. The zero-order valence-corrected chi connectivity index (χ0v) is 17.0. The summed E-state index contributed by atoms with van der Waals surface area (Å²) in [6.07, 6.45) is 1.51. The zero-order valence-electron chi connectivity index (χ0n) is 16.3. The van der Waals surface area contributed by atoms with Crippen LogP contribution in [0.5, 0.6) is 0 Å². The summed E-state index contributed by atoms with van der Waals surface area (Å²) in [5.74, 6) is 0.585. The van der Waals surface area contributed by atoms with Crippen molar-refractivity contribution in [3.63, 3.8) is 0 Å². The van der Waals surface area contributed by atoms with Crippen LogP contribution in [0.1, 0.15) is 24.0 Å². The SMILES string of the molecule is Cc1ccc(-c2nnc(N3CCC(C(=O)NCc4cccc(Cl)c4)CC3)o2)cc1. The van der Waals surface area contributed by atoms with E-state index >= 15 is 0 Å². The van der Waals surface area contributed by atoms with E-state index in [0.29, 0.717) is 36.6 Å². The Labute approximate surface area is 174 Å². The predicted molar refractivity (Wildman–Crippen MR) is 113 cm³/mol. The van der Waals surface area contributed by atoms with Crippen molar-refractivity contribution < 1.29 is 9.21 Å². The molecular weight excluding hydrogens is 388 g/mol. The van der Waals surface area contributed by atoms with E-state index in [1.54, 1.807) is 0 Å². The highest BCUT2D eigenvalue weighted by Gasteiger charge is 2.27. The van der Waals surface area contributed by atoms with E-state index in [2.05, 4.69) is 15.5 Å². The number of rotatable bonds is 5. The molecule has 1 fully saturated rings. The molecule has 1 aliphatic rings. The van der Waals surface area contributed by atoms with Crippen LogP contribution in [-0.2, 0) is 11.3 Å². The van der Waals surface area contributed by atoms with Crippen molar-refractivity contribution in [3.05, 3.63) is 64.7 Å². The van der Waals surface area contributed by atoms with Crippen LogP contribution in [0.25, 0.3) is 11.5 Å². The molecule has 3 aromatic rings. The minimum absolute atomic E-state index is 0.00933. The molecule has 1 amide bonds. The Morgan fingerprint density at radius 1 is 1.17 bits per heavy atom. The van der Waals surface area contributed by atoms with Crippen molar-refractivity contribution in [1.29, 1.82) is 0 Å². The third-order valence-corrected chi connectivity index (χ3v) is 5.44. The smallest absolute Gasteiger partial charge is 0.318 e. The lowest BCUT2D eigenvalue weighted by atomic mass is 9.96. The summed E-state index contributed by atoms with van der Waals surface area (Å²) in [5.41, 5.74) is 3.09. The Morgan fingerprint density at radius 2 is 1.93 bits per heavy atom. The number of amides is 1. The van der Waals surface area contributed by atoms with Crippen molar-refractivity contribution in [2.24, 2.45) is 5.92 Å². The van der Waals surface area contributed by atoms with Gasteiger partial charge in [-0.05, 0) is 49.6 Å². The molecule has 29 heavy (non-hydrogen) atoms. The van der Waals surface area contributed by atoms with Gasteiger partial charge in [0, 0.05) is 36.1 Å². The highest BCUT2D eigenvalue weighted by Crippen LogP contribution is 2.26. The van der Waals surface area contributed by atoms with Gasteiger partial charge < -0.3 is 14.6 Å². The average Bonchev–Trinajstić information content (AvgIpc) is 3.23. The van der Waals surface area contributed by atoms with Gasteiger partial charge in [0.25, 0.3) is 0 Å². The number of piperidine rings is 1. The van der Waals surface area contributed by atoms with Crippen molar-refractivity contribution in [2.75, 3.05) is 18.0 Å². The number of hydrogen-bond acceptors (Lipinski definition) is 5. The molecule has 0 unspecified atom stereocenters. The number of nitrogens with one attached hydrogen (secondary N) is 1. The molecule has 7 heteroatoms. The number of nitrogens with zero attached hydrogens (tertiary/aromatic N) is 3. The van der Waals surface area contributed by atoms with Gasteiger partial charge in [-0.2, -0.15) is 0 Å². The first-order valence-corrected chi connectivity index (χ1v) is 10.1. The maximum atomic E-state index is 12.5. The van der Waals surface area contributed by atoms with E-state index < -0.39 is 0 Å². The van der Waals surface area contributed by atoms with E-state index in [0.717, 1.165) is 24.0 Å². The van der Waals surface area contributed by atoms with Crippen LogP contribution in [-0.4, -0.2) is 29.2 Å². The second-order valence-corrected chi connectivity index (χ2v) is 7.80. The maximum Gasteiger partial charge on any atom is 0.318 e. The topological polar surface area (TPSA) is 71.3 Å². The van der Waals surface area contributed by atoms with Crippen molar-refractivity contribution in [1.82, 2.24) is 15.5 Å². The van der Waals surface area contributed by atoms with Crippen LogP contribution >= 0.6 is 11.6 Å². The van der Waals surface area contributed by atoms with Gasteiger partial charge >= 0.3 is 6.01 Å². The lowest BCUT2D eigenvalue weighted by Gasteiger charge is -2.29. The lowest BCUT2D eigenvalue weighted by molar-refractivity contribution is -0.125. The van der Waals surface area contributed by atoms with Gasteiger partial charge in [0.15, 0.2) is 0 Å². The summed E-state index contributed by atoms with van der Waals surface area (Å²) in [4.78, 5) is 14.5. The molecule has 0 saturated carbocycles. The summed E-state index contributed by atoms with van der Waals surface area (Å²) < 4.78 is 5.85. The molecule has 0 aliphatic carbocycles. The maximum absolute atomic E-state index is 12.5. The van der Waals surface area contributed by atoms with Crippen molar-refractivity contribution in [3.8, 4) is 11.5 Å². The van der Waals surface area contributed by atoms with Gasteiger partial charge in [0.1, 0.15) is 0 Å². The Hall–Kier alpha value is -2.86. The van der Waals surface area contributed by atoms with Crippen LogP contribution in [0.2, 0.25) is 5.02 Å². The van der Waals surface area contributed by atoms with Gasteiger partial charge in [-0.15, -0.1) is 5.10 Å². The molecule has 0 spiro atoms. The van der Waals surface area contributed by atoms with Crippen LogP contribution in [0.3, 0.4) is 0 Å². The predicted octanol–water partition coefficient (Wildman–Crippen LogP) is 4.23. The number of carbonyl (C=O) groups is 1. The fraction of sp³-hybridized carbons (Fsp3) is 0.318. The summed E-state index contributed by atoms with van der Waals surface area (Å²) in [5, 5.41) is 12.0. The molecule has 0 radical (unpaired) electrons. The molecule has 0 bridgehead atoms. The quantitative estimate of drug-likeness (QED) is 0.681. The van der Waals surface area contributed by atoms with E-state index in [4.69, 9.17) is 16.0 Å². The second-order valence-electron chi connectivity index (χ2n) is 7.36. The summed E-state index contributed by atoms with van der Waals surface area (Å²) in [7, 11) is 0. The van der Waals surface area contributed by atoms with E-state index in [-0.39, 0.29) is 11.8 Å². The van der Waals surface area contributed by atoms with Gasteiger partial charge in [-0.1, -0.05) is 46.5 Å². The van der Waals surface area contributed by atoms with Crippen molar-refractivity contribution >= 4 is 23.5 Å². The second kappa shape index (κ2) is 8.66. The van der Waals surface area contributed by atoms with Crippen LogP contribution < -0.4 is 10.2 Å². The summed E-state index contributed by atoms with van der Waals surface area (Å²) in [6, 6.07) is 16.0. The number of aryl methyl sites for hydroxylation is 1. The first-order chi connectivity index (χ1) is 14.1. The number of anilines is 1. The largest absolute Gasteiger partial charge is 0.403 e. The van der Waals surface area contributed by atoms with E-state index in [9.17, 15) is 4.79 Å². The normalized spacial score (nSPS) is 14.8. The average molecular weight is 411 g/mol. The van der Waals surface area contributed by atoms with E-state index in [1.165, 1.54) is 5.56 Å². The third kappa shape index (κ3) is 4.77. The number of hydrogen-bond donors (Lipinski definition) is 1. The molecule has 1 N–H and O–H groups in total. The minimum Gasteiger partial charge on any atom is -0.403 e. The number of aromatic nitrogens is 2. The zero-order chi connectivity index (χ0) is 20.2. The monoisotopic (exact) mass is 410 g/mol. The number of carbonyl (C=O) groups excluding carboxylic acids is 1. The molecule has 0 atom stereocenters. The first-order valence-electron chi connectivity index (χ1n) is 9.76. The molecule has 1 aliphatic heterocycles. The minimum atomic E-state index is -0.00933. The molecule has 4 rings (SSSR count). The first kappa shape index (κ1) is 19.5. The fourth-order valence-corrected chi connectivity index (χ4v) is 3.68. The third-order valence-electron chi connectivity index (χ3n) is 5.20. The molecule has 1 aromatic heterocycles. The molecule has 6 nitrogen and oxygen atoms in total.